The Kier molecular flexibility index (Phi) is 3.99. The van der Waals surface area contributed by atoms with Gasteiger partial charge >= 0.3 is 0 Å². The van der Waals surface area contributed by atoms with Crippen molar-refractivity contribution < 1.29 is 0 Å². The number of hydrogen-bond acceptors (Lipinski definition) is 5. The third kappa shape index (κ3) is 3.48. The number of aryl methyl sites for hydroxylation is 1. The Bertz CT molecular complexity index is 622. The van der Waals surface area contributed by atoms with Crippen molar-refractivity contribution in [3.8, 4) is 0 Å². The second kappa shape index (κ2) is 6.08. The van der Waals surface area contributed by atoms with Gasteiger partial charge in [-0.2, -0.15) is 0 Å². The van der Waals surface area contributed by atoms with Crippen LogP contribution in [0.25, 0.3) is 0 Å². The van der Waals surface area contributed by atoms with E-state index < -0.39 is 0 Å². The van der Waals surface area contributed by atoms with E-state index in [9.17, 15) is 0 Å². The van der Waals surface area contributed by atoms with Gasteiger partial charge < -0.3 is 10.6 Å². The monoisotopic (exact) mass is 283 g/mol. The van der Waals surface area contributed by atoms with Gasteiger partial charge in [-0.15, -0.1) is 0 Å². The summed E-state index contributed by atoms with van der Waals surface area (Å²) in [6, 6.07) is 4.02. The number of hydrogen-bond donors (Lipinski definition) is 2. The first-order valence-electron chi connectivity index (χ1n) is 7.52. The average Bonchev–Trinajstić information content (AvgIpc) is 3.31. The Morgan fingerprint density at radius 2 is 1.95 bits per heavy atom. The van der Waals surface area contributed by atoms with Crippen LogP contribution in [0.15, 0.2) is 24.5 Å². The van der Waals surface area contributed by atoms with Crippen molar-refractivity contribution in [3.05, 3.63) is 41.5 Å². The van der Waals surface area contributed by atoms with E-state index in [4.69, 9.17) is 0 Å². The molecule has 0 aromatic carbocycles. The zero-order valence-corrected chi connectivity index (χ0v) is 12.6. The van der Waals surface area contributed by atoms with Gasteiger partial charge in [0.15, 0.2) is 0 Å². The third-order valence-electron chi connectivity index (χ3n) is 3.64. The summed E-state index contributed by atoms with van der Waals surface area (Å²) in [4.78, 5) is 13.4. The maximum absolute atomic E-state index is 4.64. The fraction of sp³-hybridized carbons (Fsp3) is 0.438. The van der Waals surface area contributed by atoms with Crippen molar-refractivity contribution in [1.29, 1.82) is 0 Å². The fourth-order valence-corrected chi connectivity index (χ4v) is 2.24. The van der Waals surface area contributed by atoms with Crippen molar-refractivity contribution in [3.63, 3.8) is 0 Å². The molecular weight excluding hydrogens is 262 g/mol. The number of rotatable bonds is 6. The van der Waals surface area contributed by atoms with E-state index in [0.717, 1.165) is 30.5 Å². The summed E-state index contributed by atoms with van der Waals surface area (Å²) in [5, 5.41) is 6.68. The van der Waals surface area contributed by atoms with Gasteiger partial charge in [-0.3, -0.25) is 4.98 Å². The molecule has 110 valence electrons. The van der Waals surface area contributed by atoms with Crippen LogP contribution < -0.4 is 10.6 Å². The lowest BCUT2D eigenvalue weighted by Gasteiger charge is -2.11. The smallest absolute Gasteiger partial charge is 0.136 e. The molecular formula is C16H21N5. The predicted octanol–water partition coefficient (Wildman–Crippen LogP) is 3.10. The lowest BCUT2D eigenvalue weighted by Crippen LogP contribution is -2.08. The first kappa shape index (κ1) is 13.8. The van der Waals surface area contributed by atoms with E-state index in [2.05, 4.69) is 39.4 Å². The predicted molar refractivity (Wildman–Crippen MR) is 84.5 cm³/mol. The highest BCUT2D eigenvalue weighted by Gasteiger charge is 2.27. The molecule has 0 spiro atoms. The van der Waals surface area contributed by atoms with Crippen molar-refractivity contribution >= 4 is 11.6 Å². The second-order valence-electron chi connectivity index (χ2n) is 5.46. The first-order valence-corrected chi connectivity index (χ1v) is 7.52. The minimum absolute atomic E-state index is 0.548. The summed E-state index contributed by atoms with van der Waals surface area (Å²) in [7, 11) is 0. The van der Waals surface area contributed by atoms with Crippen molar-refractivity contribution in [2.24, 2.45) is 0 Å². The van der Waals surface area contributed by atoms with Crippen LogP contribution in [0.4, 0.5) is 11.6 Å². The summed E-state index contributed by atoms with van der Waals surface area (Å²) in [5.41, 5.74) is 2.43. The van der Waals surface area contributed by atoms with Crippen molar-refractivity contribution in [1.82, 2.24) is 15.0 Å². The number of nitrogens with zero attached hydrogens (tertiary/aromatic N) is 3. The minimum atomic E-state index is 0.548. The zero-order chi connectivity index (χ0) is 14.7. The number of pyridine rings is 1. The molecule has 1 aliphatic rings. The molecule has 0 aliphatic heterocycles. The van der Waals surface area contributed by atoms with Crippen LogP contribution in [0.2, 0.25) is 0 Å². The first-order chi connectivity index (χ1) is 10.3. The van der Waals surface area contributed by atoms with Crippen LogP contribution in [-0.2, 0) is 6.54 Å². The SMILES string of the molecule is CCNc1cc(NCc2ccncc2C)nc(C2CC2)n1. The van der Waals surface area contributed by atoms with Crippen LogP contribution in [0, 0.1) is 6.92 Å². The normalized spacial score (nSPS) is 14.0. The van der Waals surface area contributed by atoms with E-state index in [1.54, 1.807) is 0 Å². The average molecular weight is 283 g/mol. The molecule has 2 aromatic heterocycles. The van der Waals surface area contributed by atoms with Gasteiger partial charge in [0.25, 0.3) is 0 Å². The van der Waals surface area contributed by atoms with Crippen molar-refractivity contribution in [2.45, 2.75) is 39.2 Å². The molecule has 3 rings (SSSR count). The molecule has 5 heteroatoms. The van der Waals surface area contributed by atoms with E-state index in [1.807, 2.05) is 24.5 Å². The fourth-order valence-electron chi connectivity index (χ4n) is 2.24. The molecule has 2 N–H and O–H groups in total. The van der Waals surface area contributed by atoms with E-state index in [-0.39, 0.29) is 0 Å². The molecule has 0 bridgehead atoms. The molecule has 2 heterocycles. The Balaban J connectivity index is 1.76. The minimum Gasteiger partial charge on any atom is -0.370 e. The standard InChI is InChI=1S/C16H21N5/c1-3-18-14-8-15(21-16(20-14)12-4-5-12)19-10-13-6-7-17-9-11(13)2/h6-9,12H,3-5,10H2,1-2H3,(H2,18,19,20,21). The van der Waals surface area contributed by atoms with Crippen LogP contribution in [0.5, 0.6) is 0 Å². The van der Waals surface area contributed by atoms with E-state index in [0.29, 0.717) is 5.92 Å². The molecule has 2 aromatic rings. The van der Waals surface area contributed by atoms with Crippen LogP contribution >= 0.6 is 0 Å². The van der Waals surface area contributed by atoms with Crippen LogP contribution in [-0.4, -0.2) is 21.5 Å². The molecule has 1 aliphatic carbocycles. The Labute approximate surface area is 125 Å². The molecule has 0 amide bonds. The van der Waals surface area contributed by atoms with Crippen molar-refractivity contribution in [2.75, 3.05) is 17.2 Å². The van der Waals surface area contributed by atoms with Gasteiger partial charge in [0.05, 0.1) is 0 Å². The Morgan fingerprint density at radius 3 is 2.62 bits per heavy atom. The summed E-state index contributed by atoms with van der Waals surface area (Å²) in [5.74, 6) is 3.30. The zero-order valence-electron chi connectivity index (χ0n) is 12.6. The maximum Gasteiger partial charge on any atom is 0.136 e. The molecule has 0 saturated heterocycles. The number of nitrogens with one attached hydrogen (secondary N) is 2. The van der Waals surface area contributed by atoms with Gasteiger partial charge in [0.2, 0.25) is 0 Å². The Morgan fingerprint density at radius 1 is 1.19 bits per heavy atom. The maximum atomic E-state index is 4.64. The lowest BCUT2D eigenvalue weighted by atomic mass is 10.1. The molecule has 1 fully saturated rings. The quantitative estimate of drug-likeness (QED) is 0.853. The van der Waals surface area contributed by atoms with E-state index in [1.165, 1.54) is 24.0 Å². The third-order valence-corrected chi connectivity index (χ3v) is 3.64. The number of anilines is 2. The van der Waals surface area contributed by atoms with Crippen LogP contribution in [0.3, 0.4) is 0 Å². The van der Waals surface area contributed by atoms with Gasteiger partial charge in [-0.25, -0.2) is 9.97 Å². The van der Waals surface area contributed by atoms with Crippen LogP contribution in [0.1, 0.15) is 42.6 Å². The van der Waals surface area contributed by atoms with Gasteiger partial charge in [0, 0.05) is 37.5 Å². The summed E-state index contributed by atoms with van der Waals surface area (Å²) >= 11 is 0. The highest BCUT2D eigenvalue weighted by molar-refractivity contribution is 5.48. The molecule has 0 atom stereocenters. The summed E-state index contributed by atoms with van der Waals surface area (Å²) in [6.45, 7) is 5.76. The Hall–Kier alpha value is -2.17. The molecule has 5 nitrogen and oxygen atoms in total. The van der Waals surface area contributed by atoms with Gasteiger partial charge in [-0.1, -0.05) is 0 Å². The molecule has 0 unspecified atom stereocenters. The largest absolute Gasteiger partial charge is 0.370 e. The van der Waals surface area contributed by atoms with Gasteiger partial charge in [-0.05, 0) is 43.9 Å². The topological polar surface area (TPSA) is 62.7 Å². The van der Waals surface area contributed by atoms with Gasteiger partial charge in [0.1, 0.15) is 17.5 Å². The molecule has 1 saturated carbocycles. The summed E-state index contributed by atoms with van der Waals surface area (Å²) in [6.07, 6.45) is 6.12. The molecule has 0 radical (unpaired) electrons. The highest BCUT2D eigenvalue weighted by atomic mass is 15.1. The van der Waals surface area contributed by atoms with E-state index >= 15 is 0 Å². The molecule has 21 heavy (non-hydrogen) atoms. The summed E-state index contributed by atoms with van der Waals surface area (Å²) < 4.78 is 0. The highest BCUT2D eigenvalue weighted by Crippen LogP contribution is 2.38. The second-order valence-corrected chi connectivity index (χ2v) is 5.46. The lowest BCUT2D eigenvalue weighted by molar-refractivity contribution is 0.917. The number of aromatic nitrogens is 3.